The molecule has 0 unspecified atom stereocenters. The van der Waals surface area contributed by atoms with Gasteiger partial charge in [-0.05, 0) is 19.3 Å². The van der Waals surface area contributed by atoms with E-state index in [0.29, 0.717) is 6.61 Å². The Hall–Kier alpha value is -1.26. The maximum absolute atomic E-state index is 10.9. The predicted molar refractivity (Wildman–Crippen MR) is 48.2 cm³/mol. The zero-order valence-electron chi connectivity index (χ0n) is 8.25. The number of hydroxylamine groups is 1. The van der Waals surface area contributed by atoms with E-state index in [4.69, 9.17) is 4.74 Å². The Labute approximate surface area is 82.7 Å². The molecule has 0 heterocycles. The first-order valence-corrected chi connectivity index (χ1v) is 4.87. The van der Waals surface area contributed by atoms with Gasteiger partial charge < -0.3 is 9.57 Å². The van der Waals surface area contributed by atoms with Crippen molar-refractivity contribution in [1.82, 2.24) is 5.48 Å². The minimum Gasteiger partial charge on any atom is -0.447 e. The molecule has 5 nitrogen and oxygen atoms in total. The molecule has 1 aliphatic rings. The lowest BCUT2D eigenvalue weighted by Crippen LogP contribution is -2.28. The Balaban J connectivity index is 1.99. The molecule has 0 saturated heterocycles. The summed E-state index contributed by atoms with van der Waals surface area (Å²) in [7, 11) is 0. The van der Waals surface area contributed by atoms with Gasteiger partial charge in [-0.1, -0.05) is 13.3 Å². The van der Waals surface area contributed by atoms with Gasteiger partial charge in [0.25, 0.3) is 0 Å². The lowest BCUT2D eigenvalue weighted by Gasteiger charge is -2.05. The molecule has 1 N–H and O–H groups in total. The molecule has 0 bridgehead atoms. The molecule has 1 aliphatic carbocycles. The summed E-state index contributed by atoms with van der Waals surface area (Å²) < 4.78 is 4.71. The maximum atomic E-state index is 10.9. The normalized spacial score (nSPS) is 14.6. The summed E-state index contributed by atoms with van der Waals surface area (Å²) in [6, 6.07) is 0. The van der Waals surface area contributed by atoms with Crippen molar-refractivity contribution in [1.29, 1.82) is 0 Å². The molecule has 0 aromatic carbocycles. The number of amides is 1. The van der Waals surface area contributed by atoms with Crippen molar-refractivity contribution < 1.29 is 19.2 Å². The molecule has 80 valence electrons. The van der Waals surface area contributed by atoms with E-state index in [1.807, 2.05) is 12.4 Å². The highest BCUT2D eigenvalue weighted by Crippen LogP contribution is 2.29. The SMILES string of the molecule is CCCCOC(=O)NOC(=O)C1CC1. The number of hydrogen-bond donors (Lipinski definition) is 1. The van der Waals surface area contributed by atoms with Crippen molar-refractivity contribution in [3.05, 3.63) is 0 Å². The van der Waals surface area contributed by atoms with Crippen LogP contribution in [0, 0.1) is 5.92 Å². The Morgan fingerprint density at radius 2 is 2.14 bits per heavy atom. The third-order valence-corrected chi connectivity index (χ3v) is 1.88. The summed E-state index contributed by atoms with van der Waals surface area (Å²) in [5, 5.41) is 0. The molecule has 1 rings (SSSR count). The van der Waals surface area contributed by atoms with Gasteiger partial charge in [0, 0.05) is 0 Å². The number of nitrogens with one attached hydrogen (secondary N) is 1. The number of ether oxygens (including phenoxy) is 1. The zero-order chi connectivity index (χ0) is 10.4. The molecule has 1 fully saturated rings. The Bertz CT molecular complexity index is 213. The molecule has 1 saturated carbocycles. The number of hydrogen-bond acceptors (Lipinski definition) is 4. The topological polar surface area (TPSA) is 64.6 Å². The number of carbonyl (C=O) groups excluding carboxylic acids is 2. The van der Waals surface area contributed by atoms with Gasteiger partial charge in [-0.3, -0.25) is 0 Å². The zero-order valence-corrected chi connectivity index (χ0v) is 8.25. The van der Waals surface area contributed by atoms with Gasteiger partial charge in [0.1, 0.15) is 0 Å². The first-order valence-electron chi connectivity index (χ1n) is 4.87. The Morgan fingerprint density at radius 3 is 2.71 bits per heavy atom. The molecule has 14 heavy (non-hydrogen) atoms. The van der Waals surface area contributed by atoms with Gasteiger partial charge in [0.05, 0.1) is 12.5 Å². The molecule has 0 aromatic heterocycles. The summed E-state index contributed by atoms with van der Waals surface area (Å²) in [6.45, 7) is 2.34. The van der Waals surface area contributed by atoms with Crippen LogP contribution in [0.15, 0.2) is 0 Å². The van der Waals surface area contributed by atoms with Gasteiger partial charge in [0.2, 0.25) is 0 Å². The van der Waals surface area contributed by atoms with E-state index in [2.05, 4.69) is 4.84 Å². The van der Waals surface area contributed by atoms with Crippen LogP contribution in [0.25, 0.3) is 0 Å². The minimum atomic E-state index is -0.701. The van der Waals surface area contributed by atoms with Crippen LogP contribution in [0.4, 0.5) is 4.79 Å². The molecule has 0 atom stereocenters. The van der Waals surface area contributed by atoms with Crippen LogP contribution in [0.1, 0.15) is 32.6 Å². The number of carbonyl (C=O) groups is 2. The Morgan fingerprint density at radius 1 is 1.43 bits per heavy atom. The van der Waals surface area contributed by atoms with E-state index in [-0.39, 0.29) is 11.9 Å². The lowest BCUT2D eigenvalue weighted by molar-refractivity contribution is -0.151. The van der Waals surface area contributed by atoms with Crippen molar-refractivity contribution in [3.8, 4) is 0 Å². The smallest absolute Gasteiger partial charge is 0.440 e. The van der Waals surface area contributed by atoms with Crippen LogP contribution >= 0.6 is 0 Å². The number of rotatable bonds is 4. The van der Waals surface area contributed by atoms with Crippen molar-refractivity contribution in [2.45, 2.75) is 32.6 Å². The highest BCUT2D eigenvalue weighted by molar-refractivity contribution is 5.76. The van der Waals surface area contributed by atoms with Gasteiger partial charge in [-0.15, -0.1) is 5.48 Å². The monoisotopic (exact) mass is 201 g/mol. The standard InChI is InChI=1S/C9H15NO4/c1-2-3-6-13-9(12)10-14-8(11)7-4-5-7/h7H,2-6H2,1H3,(H,10,12). The fourth-order valence-corrected chi connectivity index (χ4v) is 0.833. The highest BCUT2D eigenvalue weighted by atomic mass is 16.7. The van der Waals surface area contributed by atoms with Crippen LogP contribution in [-0.4, -0.2) is 18.7 Å². The molecule has 1 amide bonds. The van der Waals surface area contributed by atoms with Crippen LogP contribution in [0.5, 0.6) is 0 Å². The van der Waals surface area contributed by atoms with Gasteiger partial charge in [-0.25, -0.2) is 9.59 Å². The fourth-order valence-electron chi connectivity index (χ4n) is 0.833. The quantitative estimate of drug-likeness (QED) is 0.551. The average molecular weight is 201 g/mol. The van der Waals surface area contributed by atoms with Crippen molar-refractivity contribution >= 4 is 12.1 Å². The first-order chi connectivity index (χ1) is 6.74. The second-order valence-electron chi connectivity index (χ2n) is 3.29. The van der Waals surface area contributed by atoms with Gasteiger partial charge in [0.15, 0.2) is 0 Å². The Kier molecular flexibility index (Phi) is 4.22. The first kappa shape index (κ1) is 10.8. The van der Waals surface area contributed by atoms with Crippen LogP contribution in [0.3, 0.4) is 0 Å². The molecular formula is C9H15NO4. The number of unbranched alkanes of at least 4 members (excludes halogenated alkanes) is 1. The lowest BCUT2D eigenvalue weighted by atomic mass is 10.4. The summed E-state index contributed by atoms with van der Waals surface area (Å²) in [5.41, 5.74) is 1.95. The van der Waals surface area contributed by atoms with E-state index < -0.39 is 6.09 Å². The molecule has 0 aliphatic heterocycles. The van der Waals surface area contributed by atoms with E-state index in [9.17, 15) is 9.59 Å². The fraction of sp³-hybridized carbons (Fsp3) is 0.778. The largest absolute Gasteiger partial charge is 0.447 e. The third kappa shape index (κ3) is 4.11. The van der Waals surface area contributed by atoms with Crippen LogP contribution in [-0.2, 0) is 14.4 Å². The summed E-state index contributed by atoms with van der Waals surface area (Å²) in [5.74, 6) is -0.400. The maximum Gasteiger partial charge on any atom is 0.440 e. The minimum absolute atomic E-state index is 0.0223. The van der Waals surface area contributed by atoms with E-state index in [0.717, 1.165) is 25.7 Å². The van der Waals surface area contributed by atoms with Crippen molar-refractivity contribution in [3.63, 3.8) is 0 Å². The van der Waals surface area contributed by atoms with Crippen LogP contribution in [0.2, 0.25) is 0 Å². The van der Waals surface area contributed by atoms with E-state index in [1.165, 1.54) is 0 Å². The average Bonchev–Trinajstić information content (AvgIpc) is 2.98. The van der Waals surface area contributed by atoms with Gasteiger partial charge in [-0.2, -0.15) is 0 Å². The highest BCUT2D eigenvalue weighted by Gasteiger charge is 2.32. The van der Waals surface area contributed by atoms with Gasteiger partial charge >= 0.3 is 12.1 Å². The molecule has 0 radical (unpaired) electrons. The van der Waals surface area contributed by atoms with Crippen LogP contribution < -0.4 is 5.48 Å². The van der Waals surface area contributed by atoms with E-state index >= 15 is 0 Å². The predicted octanol–water partition coefficient (Wildman–Crippen LogP) is 1.38. The van der Waals surface area contributed by atoms with Crippen molar-refractivity contribution in [2.24, 2.45) is 5.92 Å². The second kappa shape index (κ2) is 5.47. The second-order valence-corrected chi connectivity index (χ2v) is 3.29. The summed E-state index contributed by atoms with van der Waals surface area (Å²) in [6.07, 6.45) is 2.77. The summed E-state index contributed by atoms with van der Waals surface area (Å²) >= 11 is 0. The summed E-state index contributed by atoms with van der Waals surface area (Å²) in [4.78, 5) is 26.3. The van der Waals surface area contributed by atoms with E-state index in [1.54, 1.807) is 0 Å². The van der Waals surface area contributed by atoms with Crippen molar-refractivity contribution in [2.75, 3.05) is 6.61 Å². The molecule has 0 spiro atoms. The molecule has 0 aromatic rings. The molecular weight excluding hydrogens is 186 g/mol. The third-order valence-electron chi connectivity index (χ3n) is 1.88. The molecule has 5 heteroatoms.